The summed E-state index contributed by atoms with van der Waals surface area (Å²) >= 11 is 0. The van der Waals surface area contributed by atoms with Gasteiger partial charge in [0.05, 0.1) is 6.42 Å². The molecule has 1 atom stereocenters. The molecular weight excluding hydrogens is 422 g/mol. The summed E-state index contributed by atoms with van der Waals surface area (Å²) in [7, 11) is 1.51. The molecule has 2 aromatic carbocycles. The van der Waals surface area contributed by atoms with Crippen LogP contribution in [0.4, 0.5) is 10.5 Å². The van der Waals surface area contributed by atoms with Gasteiger partial charge in [0.25, 0.3) is 5.91 Å². The number of amides is 3. The van der Waals surface area contributed by atoms with Crippen molar-refractivity contribution in [2.24, 2.45) is 0 Å². The molecule has 8 heteroatoms. The molecule has 0 bridgehead atoms. The minimum atomic E-state index is -1.37. The lowest BCUT2D eigenvalue weighted by atomic mass is 9.97. The number of carboxylic acid groups (broad SMARTS) is 1. The van der Waals surface area contributed by atoms with Crippen LogP contribution in [0, 0.1) is 0 Å². The molecular formula is C25H27N3O5. The van der Waals surface area contributed by atoms with Crippen molar-refractivity contribution in [1.82, 2.24) is 10.2 Å². The van der Waals surface area contributed by atoms with Crippen molar-refractivity contribution in [2.75, 3.05) is 18.5 Å². The van der Waals surface area contributed by atoms with Crippen LogP contribution in [0.3, 0.4) is 0 Å². The molecule has 0 fully saturated rings. The van der Waals surface area contributed by atoms with Crippen LogP contribution in [0.5, 0.6) is 0 Å². The van der Waals surface area contributed by atoms with Crippen LogP contribution in [0.2, 0.25) is 0 Å². The van der Waals surface area contributed by atoms with Gasteiger partial charge in [-0.3, -0.25) is 19.3 Å². The molecule has 8 nitrogen and oxygen atoms in total. The molecule has 0 aromatic heterocycles. The third-order valence-corrected chi connectivity index (χ3v) is 5.49. The fraction of sp³-hybridized carbons (Fsp3) is 0.280. The Morgan fingerprint density at radius 2 is 1.82 bits per heavy atom. The number of likely N-dealkylation sites (N-methyl/N-ethyl adjacent to an activating group) is 1. The molecule has 0 aliphatic carbocycles. The number of aliphatic carboxylic acids is 1. The molecule has 0 saturated carbocycles. The number of ketones is 1. The van der Waals surface area contributed by atoms with Crippen molar-refractivity contribution < 1.29 is 24.3 Å². The number of nitrogens with zero attached hydrogens (tertiary/aromatic N) is 2. The topological polar surface area (TPSA) is 107 Å². The zero-order valence-corrected chi connectivity index (χ0v) is 18.7. The number of carbonyl (C=O) groups is 4. The summed E-state index contributed by atoms with van der Waals surface area (Å²) < 4.78 is 0. The van der Waals surface area contributed by atoms with E-state index in [1.54, 1.807) is 18.2 Å². The summed E-state index contributed by atoms with van der Waals surface area (Å²) in [5.41, 5.74) is 3.67. The summed E-state index contributed by atoms with van der Waals surface area (Å²) in [5.74, 6) is -2.13. The molecule has 3 rings (SSSR count). The summed E-state index contributed by atoms with van der Waals surface area (Å²) in [5, 5.41) is 11.4. The van der Waals surface area contributed by atoms with Crippen molar-refractivity contribution in [3.05, 3.63) is 77.5 Å². The van der Waals surface area contributed by atoms with Crippen molar-refractivity contribution in [3.63, 3.8) is 0 Å². The number of nitrogens with one attached hydrogen (secondary N) is 1. The van der Waals surface area contributed by atoms with Gasteiger partial charge in [-0.25, -0.2) is 4.79 Å². The maximum atomic E-state index is 13.1. The summed E-state index contributed by atoms with van der Waals surface area (Å²) in [6.07, 6.45) is 3.85. The van der Waals surface area contributed by atoms with Gasteiger partial charge in [0, 0.05) is 31.6 Å². The lowest BCUT2D eigenvalue weighted by Crippen LogP contribution is -2.57. The highest BCUT2D eigenvalue weighted by molar-refractivity contribution is 6.19. The summed E-state index contributed by atoms with van der Waals surface area (Å²) in [6, 6.07) is 13.1. The van der Waals surface area contributed by atoms with Crippen molar-refractivity contribution >= 4 is 29.4 Å². The van der Waals surface area contributed by atoms with Crippen molar-refractivity contribution in [1.29, 1.82) is 0 Å². The van der Waals surface area contributed by atoms with E-state index >= 15 is 0 Å². The van der Waals surface area contributed by atoms with E-state index in [-0.39, 0.29) is 13.0 Å². The Hall–Kier alpha value is -3.94. The molecule has 2 N–H and O–H groups in total. The fourth-order valence-electron chi connectivity index (χ4n) is 3.76. The van der Waals surface area contributed by atoms with Gasteiger partial charge in [-0.2, -0.15) is 0 Å². The average Bonchev–Trinajstić information content (AvgIpc) is 2.79. The van der Waals surface area contributed by atoms with E-state index in [1.807, 2.05) is 18.2 Å². The molecule has 3 amide bonds. The van der Waals surface area contributed by atoms with E-state index in [0.717, 1.165) is 22.4 Å². The SMILES string of the molecule is CCc1ccccc1Cc1cccc(N(C(=O)NCCC(=O)O)C2C(=O)C=CN(C)C2=O)c1. The molecule has 1 aliphatic heterocycles. The van der Waals surface area contributed by atoms with Crippen LogP contribution in [0.15, 0.2) is 60.8 Å². The first kappa shape index (κ1) is 23.7. The number of carboxylic acids is 1. The van der Waals surface area contributed by atoms with Crippen LogP contribution < -0.4 is 10.2 Å². The Kier molecular flexibility index (Phi) is 7.61. The first-order valence-electron chi connectivity index (χ1n) is 10.7. The van der Waals surface area contributed by atoms with Crippen LogP contribution in [-0.2, 0) is 27.2 Å². The highest BCUT2D eigenvalue weighted by Gasteiger charge is 2.39. The van der Waals surface area contributed by atoms with Gasteiger partial charge >= 0.3 is 12.0 Å². The van der Waals surface area contributed by atoms with Gasteiger partial charge in [-0.05, 0) is 41.7 Å². The molecule has 33 heavy (non-hydrogen) atoms. The lowest BCUT2D eigenvalue weighted by Gasteiger charge is -2.33. The van der Waals surface area contributed by atoms with E-state index in [9.17, 15) is 19.2 Å². The second-order valence-electron chi connectivity index (χ2n) is 7.78. The third-order valence-electron chi connectivity index (χ3n) is 5.49. The van der Waals surface area contributed by atoms with Gasteiger partial charge < -0.3 is 15.3 Å². The molecule has 1 heterocycles. The standard InChI is InChI=1S/C25H27N3O5/c1-3-18-8-4-5-9-19(18)15-17-7-6-10-20(16-17)28(25(33)26-13-11-22(30)31)23-21(29)12-14-27(2)24(23)32/h4-10,12,14,16,23H,3,11,13,15H2,1-2H3,(H,26,33)(H,30,31). The van der Waals surface area contributed by atoms with Crippen LogP contribution >= 0.6 is 0 Å². The van der Waals surface area contributed by atoms with Crippen LogP contribution in [-0.4, -0.2) is 53.3 Å². The quantitative estimate of drug-likeness (QED) is 0.603. The Morgan fingerprint density at radius 3 is 2.52 bits per heavy atom. The highest BCUT2D eigenvalue weighted by Crippen LogP contribution is 2.24. The first-order valence-corrected chi connectivity index (χ1v) is 10.7. The van der Waals surface area contributed by atoms with Crippen molar-refractivity contribution in [2.45, 2.75) is 32.2 Å². The van der Waals surface area contributed by atoms with E-state index in [1.165, 1.54) is 29.8 Å². The average molecular weight is 450 g/mol. The molecule has 0 spiro atoms. The first-order chi connectivity index (χ1) is 15.8. The van der Waals surface area contributed by atoms with Gasteiger partial charge in [-0.15, -0.1) is 0 Å². The second-order valence-corrected chi connectivity index (χ2v) is 7.78. The minimum absolute atomic E-state index is 0.130. The monoisotopic (exact) mass is 449 g/mol. The zero-order chi connectivity index (χ0) is 24.0. The molecule has 1 aliphatic rings. The normalized spacial score (nSPS) is 15.5. The second kappa shape index (κ2) is 10.6. The molecule has 1 unspecified atom stereocenters. The summed E-state index contributed by atoms with van der Waals surface area (Å²) in [4.78, 5) is 51.8. The Labute approximate surface area is 192 Å². The summed E-state index contributed by atoms with van der Waals surface area (Å²) in [6.45, 7) is 1.96. The van der Waals surface area contributed by atoms with E-state index < -0.39 is 29.7 Å². The number of hydrogen-bond donors (Lipinski definition) is 2. The lowest BCUT2D eigenvalue weighted by molar-refractivity contribution is -0.137. The number of rotatable bonds is 8. The van der Waals surface area contributed by atoms with Gasteiger partial charge in [-0.1, -0.05) is 43.3 Å². The Bertz CT molecular complexity index is 1090. The largest absolute Gasteiger partial charge is 0.481 e. The minimum Gasteiger partial charge on any atom is -0.481 e. The predicted octanol–water partition coefficient (Wildman–Crippen LogP) is 2.75. The van der Waals surface area contributed by atoms with E-state index in [4.69, 9.17) is 5.11 Å². The van der Waals surface area contributed by atoms with Gasteiger partial charge in [0.2, 0.25) is 0 Å². The van der Waals surface area contributed by atoms with Gasteiger partial charge in [0.1, 0.15) is 0 Å². The number of anilines is 1. The fourth-order valence-corrected chi connectivity index (χ4v) is 3.76. The molecule has 0 saturated heterocycles. The van der Waals surface area contributed by atoms with Crippen LogP contribution in [0.1, 0.15) is 30.0 Å². The number of benzene rings is 2. The van der Waals surface area contributed by atoms with Crippen molar-refractivity contribution in [3.8, 4) is 0 Å². The maximum absolute atomic E-state index is 13.1. The molecule has 0 radical (unpaired) electrons. The number of urea groups is 1. The third kappa shape index (κ3) is 5.65. The predicted molar refractivity (Wildman–Crippen MR) is 124 cm³/mol. The van der Waals surface area contributed by atoms with Crippen LogP contribution in [0.25, 0.3) is 0 Å². The molecule has 172 valence electrons. The number of carbonyl (C=O) groups excluding carboxylic acids is 3. The molecule has 2 aromatic rings. The smallest absolute Gasteiger partial charge is 0.323 e. The zero-order valence-electron chi connectivity index (χ0n) is 18.7. The van der Waals surface area contributed by atoms with Gasteiger partial charge in [0.15, 0.2) is 11.8 Å². The maximum Gasteiger partial charge on any atom is 0.323 e. The van der Waals surface area contributed by atoms with E-state index in [0.29, 0.717) is 12.1 Å². The number of hydrogen-bond acceptors (Lipinski definition) is 4. The number of aryl methyl sites for hydroxylation is 1. The van der Waals surface area contributed by atoms with E-state index in [2.05, 4.69) is 24.4 Å². The Morgan fingerprint density at radius 1 is 1.09 bits per heavy atom. The Balaban J connectivity index is 1.96. The highest BCUT2D eigenvalue weighted by atomic mass is 16.4.